The van der Waals surface area contributed by atoms with E-state index in [9.17, 15) is 13.2 Å². The molecule has 0 saturated heterocycles. The number of anilines is 1. The number of aromatic nitrogens is 1. The van der Waals surface area contributed by atoms with Crippen LogP contribution in [0, 0.1) is 6.92 Å². The minimum Gasteiger partial charge on any atom is -0.342 e. The zero-order valence-electron chi connectivity index (χ0n) is 15.4. The fraction of sp³-hybridized carbons (Fsp3) is 0.368. The number of unbranched alkanes of at least 4 members (excludes halogenated alkanes) is 2. The van der Waals surface area contributed by atoms with Crippen molar-refractivity contribution in [3.63, 3.8) is 0 Å². The molecule has 0 radical (unpaired) electrons. The summed E-state index contributed by atoms with van der Waals surface area (Å²) >= 11 is 0. The van der Waals surface area contributed by atoms with Gasteiger partial charge in [-0.3, -0.25) is 14.5 Å². The van der Waals surface area contributed by atoms with Crippen molar-refractivity contribution in [2.45, 2.75) is 38.0 Å². The molecular weight excluding hydrogens is 350 g/mol. The highest BCUT2D eigenvalue weighted by Crippen LogP contribution is 2.21. The number of nitrogens with one attached hydrogen (secondary N) is 1. The number of aryl methyl sites for hydroxylation is 1. The Balaban J connectivity index is 2.28. The molecule has 0 saturated carbocycles. The van der Waals surface area contributed by atoms with E-state index in [1.54, 1.807) is 42.4 Å². The minimum absolute atomic E-state index is 0.0335. The second-order valence-corrected chi connectivity index (χ2v) is 7.94. The fourth-order valence-corrected chi connectivity index (χ4v) is 3.84. The molecule has 0 unspecified atom stereocenters. The van der Waals surface area contributed by atoms with Gasteiger partial charge in [-0.15, -0.1) is 0 Å². The first-order valence-corrected chi connectivity index (χ1v) is 10.1. The van der Waals surface area contributed by atoms with Gasteiger partial charge in [0.1, 0.15) is 4.90 Å². The fourth-order valence-electron chi connectivity index (χ4n) is 2.60. The monoisotopic (exact) mass is 375 g/mol. The summed E-state index contributed by atoms with van der Waals surface area (Å²) in [6.45, 7) is 4.51. The molecule has 2 aromatic rings. The maximum absolute atomic E-state index is 12.8. The summed E-state index contributed by atoms with van der Waals surface area (Å²) in [5.41, 5.74) is 1.37. The molecule has 1 heterocycles. The largest absolute Gasteiger partial charge is 0.342 e. The predicted octanol–water partition coefficient (Wildman–Crippen LogP) is 3.45. The molecule has 0 aliphatic carbocycles. The van der Waals surface area contributed by atoms with Gasteiger partial charge < -0.3 is 4.90 Å². The Morgan fingerprint density at radius 1 is 1.19 bits per heavy atom. The first-order chi connectivity index (χ1) is 12.3. The third-order valence-electron chi connectivity index (χ3n) is 3.98. The molecule has 1 aromatic carbocycles. The van der Waals surface area contributed by atoms with Gasteiger partial charge >= 0.3 is 0 Å². The van der Waals surface area contributed by atoms with Crippen molar-refractivity contribution in [1.29, 1.82) is 0 Å². The number of nitrogens with zero attached hydrogens (tertiary/aromatic N) is 2. The zero-order valence-corrected chi connectivity index (χ0v) is 16.2. The normalized spacial score (nSPS) is 11.2. The Morgan fingerprint density at radius 2 is 1.92 bits per heavy atom. The number of amides is 1. The van der Waals surface area contributed by atoms with Crippen LogP contribution in [0.2, 0.25) is 0 Å². The summed E-state index contributed by atoms with van der Waals surface area (Å²) in [5.74, 6) is -0.301. The summed E-state index contributed by atoms with van der Waals surface area (Å²) in [4.78, 5) is 18.3. The SMILES string of the molecule is CCCCCN(C)C(=O)c1ccccc1S(=O)(=O)Nc1cncc(C)c1. The Kier molecular flexibility index (Phi) is 6.74. The van der Waals surface area contributed by atoms with E-state index >= 15 is 0 Å². The van der Waals surface area contributed by atoms with Gasteiger partial charge in [-0.1, -0.05) is 31.9 Å². The smallest absolute Gasteiger partial charge is 0.262 e. The lowest BCUT2D eigenvalue weighted by atomic mass is 10.2. The van der Waals surface area contributed by atoms with E-state index in [-0.39, 0.29) is 16.4 Å². The van der Waals surface area contributed by atoms with Gasteiger partial charge in [-0.25, -0.2) is 8.42 Å². The summed E-state index contributed by atoms with van der Waals surface area (Å²) in [6.07, 6.45) is 6.05. The lowest BCUT2D eigenvalue weighted by Gasteiger charge is -2.19. The Labute approximate surface area is 155 Å². The number of sulfonamides is 1. The molecule has 0 bridgehead atoms. The number of hydrogen-bond donors (Lipinski definition) is 1. The first-order valence-electron chi connectivity index (χ1n) is 8.64. The molecule has 26 heavy (non-hydrogen) atoms. The molecule has 0 aliphatic heterocycles. The molecule has 1 N–H and O–H groups in total. The van der Waals surface area contributed by atoms with Crippen LogP contribution in [0.15, 0.2) is 47.6 Å². The first kappa shape index (κ1) is 19.9. The van der Waals surface area contributed by atoms with E-state index < -0.39 is 10.0 Å². The molecule has 6 nitrogen and oxygen atoms in total. The van der Waals surface area contributed by atoms with Gasteiger partial charge in [-0.2, -0.15) is 0 Å². The molecule has 0 fully saturated rings. The van der Waals surface area contributed by atoms with E-state index in [1.807, 2.05) is 6.92 Å². The number of carbonyl (C=O) groups excluding carboxylic acids is 1. The lowest BCUT2D eigenvalue weighted by Crippen LogP contribution is -2.29. The second-order valence-electron chi connectivity index (χ2n) is 6.29. The van der Waals surface area contributed by atoms with Crippen LogP contribution in [-0.2, 0) is 10.0 Å². The summed E-state index contributed by atoms with van der Waals surface area (Å²) in [7, 11) is -2.21. The zero-order chi connectivity index (χ0) is 19.2. The highest BCUT2D eigenvalue weighted by Gasteiger charge is 2.24. The van der Waals surface area contributed by atoms with Crippen LogP contribution in [0.1, 0.15) is 42.1 Å². The number of rotatable bonds is 8. The van der Waals surface area contributed by atoms with E-state index in [0.29, 0.717) is 12.2 Å². The van der Waals surface area contributed by atoms with E-state index in [2.05, 4.69) is 16.6 Å². The predicted molar refractivity (Wildman–Crippen MR) is 103 cm³/mol. The standard InChI is InChI=1S/C19H25N3O3S/c1-4-5-8-11-22(3)19(23)17-9-6-7-10-18(17)26(24,25)21-16-12-15(2)13-20-14-16/h6-7,9-10,12-14,21H,4-5,8,11H2,1-3H3. The van der Waals surface area contributed by atoms with Crippen LogP contribution >= 0.6 is 0 Å². The minimum atomic E-state index is -3.90. The van der Waals surface area contributed by atoms with Crippen LogP contribution in [0.25, 0.3) is 0 Å². The number of hydrogen-bond acceptors (Lipinski definition) is 4. The Bertz CT molecular complexity index is 866. The molecule has 1 amide bonds. The number of carbonyl (C=O) groups is 1. The van der Waals surface area contributed by atoms with Gasteiger partial charge in [0.05, 0.1) is 17.4 Å². The quantitative estimate of drug-likeness (QED) is 0.717. The van der Waals surface area contributed by atoms with Crippen LogP contribution in [0.4, 0.5) is 5.69 Å². The second kappa shape index (κ2) is 8.80. The third kappa shape index (κ3) is 5.05. The van der Waals surface area contributed by atoms with Crippen LogP contribution < -0.4 is 4.72 Å². The van der Waals surface area contributed by atoms with Crippen LogP contribution in [0.3, 0.4) is 0 Å². The highest BCUT2D eigenvalue weighted by atomic mass is 32.2. The number of benzene rings is 1. The van der Waals surface area contributed by atoms with Crippen molar-refractivity contribution in [1.82, 2.24) is 9.88 Å². The average molecular weight is 375 g/mol. The van der Waals surface area contributed by atoms with Crippen LogP contribution in [0.5, 0.6) is 0 Å². The summed E-state index contributed by atoms with van der Waals surface area (Å²) in [5, 5.41) is 0. The summed E-state index contributed by atoms with van der Waals surface area (Å²) in [6, 6.07) is 7.95. The van der Waals surface area contributed by atoms with Crippen molar-refractivity contribution in [3.8, 4) is 0 Å². The molecule has 0 atom stereocenters. The Hall–Kier alpha value is -2.41. The van der Waals surface area contributed by atoms with Gasteiger partial charge in [-0.05, 0) is 37.1 Å². The van der Waals surface area contributed by atoms with Gasteiger partial charge in [0, 0.05) is 19.8 Å². The highest BCUT2D eigenvalue weighted by molar-refractivity contribution is 7.92. The summed E-state index contributed by atoms with van der Waals surface area (Å²) < 4.78 is 28.1. The van der Waals surface area contributed by atoms with Crippen molar-refractivity contribution in [2.24, 2.45) is 0 Å². The molecule has 0 aliphatic rings. The molecule has 2 rings (SSSR count). The van der Waals surface area contributed by atoms with E-state index in [0.717, 1.165) is 24.8 Å². The van der Waals surface area contributed by atoms with Gasteiger partial charge in [0.2, 0.25) is 0 Å². The third-order valence-corrected chi connectivity index (χ3v) is 5.42. The maximum Gasteiger partial charge on any atom is 0.262 e. The topological polar surface area (TPSA) is 79.4 Å². The van der Waals surface area contributed by atoms with Gasteiger partial charge in [0.15, 0.2) is 0 Å². The lowest BCUT2D eigenvalue weighted by molar-refractivity contribution is 0.0789. The molecule has 1 aromatic heterocycles. The van der Waals surface area contributed by atoms with Crippen molar-refractivity contribution < 1.29 is 13.2 Å². The van der Waals surface area contributed by atoms with Crippen molar-refractivity contribution in [2.75, 3.05) is 18.3 Å². The molecule has 7 heteroatoms. The maximum atomic E-state index is 12.8. The van der Waals surface area contributed by atoms with Crippen molar-refractivity contribution in [3.05, 3.63) is 53.9 Å². The number of pyridine rings is 1. The molecular formula is C19H25N3O3S. The molecule has 0 spiro atoms. The van der Waals surface area contributed by atoms with E-state index in [4.69, 9.17) is 0 Å². The Morgan fingerprint density at radius 3 is 2.62 bits per heavy atom. The van der Waals surface area contributed by atoms with Gasteiger partial charge in [0.25, 0.3) is 15.9 Å². The van der Waals surface area contributed by atoms with E-state index in [1.165, 1.54) is 12.3 Å². The van der Waals surface area contributed by atoms with Crippen molar-refractivity contribution >= 4 is 21.6 Å². The molecule has 140 valence electrons. The van der Waals surface area contributed by atoms with Crippen LogP contribution in [-0.4, -0.2) is 37.8 Å². The average Bonchev–Trinajstić information content (AvgIpc) is 2.61.